The van der Waals surface area contributed by atoms with Crippen molar-refractivity contribution in [2.75, 3.05) is 12.3 Å². The van der Waals surface area contributed by atoms with E-state index in [1.807, 2.05) is 38.2 Å². The van der Waals surface area contributed by atoms with Gasteiger partial charge in [-0.2, -0.15) is 5.10 Å². The smallest absolute Gasteiger partial charge is 0.254 e. The average Bonchev–Trinajstić information content (AvgIpc) is 2.72. The van der Waals surface area contributed by atoms with Crippen LogP contribution in [0.15, 0.2) is 30.5 Å². The second-order valence-electron chi connectivity index (χ2n) is 4.51. The Hall–Kier alpha value is -2.01. The lowest BCUT2D eigenvalue weighted by atomic mass is 10.1. The molecule has 0 bridgehead atoms. The number of carbonyl (C=O) groups excluding carboxylic acids is 1. The van der Waals surface area contributed by atoms with Crippen LogP contribution in [0.1, 0.15) is 21.6 Å². The molecule has 1 heterocycles. The van der Waals surface area contributed by atoms with Crippen molar-refractivity contribution in [3.05, 3.63) is 47.3 Å². The van der Waals surface area contributed by atoms with E-state index in [0.29, 0.717) is 12.1 Å². The molecule has 108 valence electrons. The number of hydrogen-bond acceptors (Lipinski definition) is 3. The lowest BCUT2D eigenvalue weighted by molar-refractivity contribution is 0.0953. The van der Waals surface area contributed by atoms with Gasteiger partial charge in [0.2, 0.25) is 0 Å². The summed E-state index contributed by atoms with van der Waals surface area (Å²) in [6.45, 7) is 2.47. The summed E-state index contributed by atoms with van der Waals surface area (Å²) < 4.78 is 1.69. The number of benzene rings is 1. The number of carbonyl (C=O) groups is 1. The second-order valence-corrected chi connectivity index (χ2v) is 4.51. The predicted molar refractivity (Wildman–Crippen MR) is 82.1 cm³/mol. The standard InChI is InChI=1S/C14H18N4O.ClH/c1-10-13(9-17-18(10)2)14(19)16-8-7-11-3-5-12(15)6-4-11;/h3-6,9H,7-8,15H2,1-2H3,(H,16,19);1H. The van der Waals surface area contributed by atoms with Crippen molar-refractivity contribution in [3.8, 4) is 0 Å². The van der Waals surface area contributed by atoms with E-state index in [9.17, 15) is 4.79 Å². The van der Waals surface area contributed by atoms with Crippen LogP contribution in [0.2, 0.25) is 0 Å². The number of nitrogens with zero attached hydrogens (tertiary/aromatic N) is 2. The van der Waals surface area contributed by atoms with Crippen molar-refractivity contribution >= 4 is 24.0 Å². The van der Waals surface area contributed by atoms with E-state index >= 15 is 0 Å². The fourth-order valence-electron chi connectivity index (χ4n) is 1.82. The van der Waals surface area contributed by atoms with Crippen LogP contribution in [0.5, 0.6) is 0 Å². The average molecular weight is 295 g/mol. The maximum absolute atomic E-state index is 11.9. The molecular formula is C14H19ClN4O. The number of rotatable bonds is 4. The Balaban J connectivity index is 0.00000200. The number of nitrogen functional groups attached to an aromatic ring is 1. The summed E-state index contributed by atoms with van der Waals surface area (Å²) in [5.74, 6) is -0.0824. The highest BCUT2D eigenvalue weighted by molar-refractivity contribution is 5.95. The third kappa shape index (κ3) is 3.74. The minimum atomic E-state index is -0.0824. The maximum atomic E-state index is 11.9. The molecule has 0 aliphatic carbocycles. The molecular weight excluding hydrogens is 276 g/mol. The van der Waals surface area contributed by atoms with Gasteiger partial charge in [-0.05, 0) is 31.0 Å². The summed E-state index contributed by atoms with van der Waals surface area (Å²) in [6.07, 6.45) is 2.37. The number of aryl methyl sites for hydroxylation is 1. The molecule has 3 N–H and O–H groups in total. The molecule has 0 spiro atoms. The number of halogens is 1. The van der Waals surface area contributed by atoms with Gasteiger partial charge in [0.25, 0.3) is 5.91 Å². The van der Waals surface area contributed by atoms with Crippen LogP contribution in [0.25, 0.3) is 0 Å². The van der Waals surface area contributed by atoms with Crippen molar-refractivity contribution in [2.24, 2.45) is 7.05 Å². The summed E-state index contributed by atoms with van der Waals surface area (Å²) >= 11 is 0. The number of aromatic nitrogens is 2. The monoisotopic (exact) mass is 294 g/mol. The maximum Gasteiger partial charge on any atom is 0.254 e. The molecule has 0 aliphatic heterocycles. The van der Waals surface area contributed by atoms with Crippen LogP contribution in [-0.2, 0) is 13.5 Å². The number of anilines is 1. The summed E-state index contributed by atoms with van der Waals surface area (Å²) in [4.78, 5) is 11.9. The summed E-state index contributed by atoms with van der Waals surface area (Å²) in [5.41, 5.74) is 9.01. The van der Waals surface area contributed by atoms with Gasteiger partial charge in [0, 0.05) is 25.0 Å². The molecule has 1 aromatic heterocycles. The molecule has 5 nitrogen and oxygen atoms in total. The van der Waals surface area contributed by atoms with E-state index in [-0.39, 0.29) is 18.3 Å². The Bertz CT molecular complexity index is 577. The first-order chi connectivity index (χ1) is 9.08. The normalized spacial score (nSPS) is 9.90. The Kier molecular flexibility index (Phi) is 5.58. The summed E-state index contributed by atoms with van der Waals surface area (Å²) in [5, 5.41) is 6.95. The molecule has 6 heteroatoms. The van der Waals surface area contributed by atoms with E-state index in [2.05, 4.69) is 10.4 Å². The van der Waals surface area contributed by atoms with Crippen molar-refractivity contribution in [3.63, 3.8) is 0 Å². The first kappa shape index (κ1) is 16.0. The zero-order valence-corrected chi connectivity index (χ0v) is 12.4. The fourth-order valence-corrected chi connectivity index (χ4v) is 1.82. The molecule has 0 fully saturated rings. The van der Waals surface area contributed by atoms with Gasteiger partial charge < -0.3 is 11.1 Å². The zero-order chi connectivity index (χ0) is 13.8. The minimum Gasteiger partial charge on any atom is -0.399 e. The summed E-state index contributed by atoms with van der Waals surface area (Å²) in [7, 11) is 1.82. The van der Waals surface area contributed by atoms with Gasteiger partial charge in [0.1, 0.15) is 0 Å². The first-order valence-corrected chi connectivity index (χ1v) is 6.19. The molecule has 0 saturated carbocycles. The van der Waals surface area contributed by atoms with E-state index in [0.717, 1.165) is 23.4 Å². The minimum absolute atomic E-state index is 0. The van der Waals surface area contributed by atoms with Crippen LogP contribution >= 0.6 is 12.4 Å². The quantitative estimate of drug-likeness (QED) is 0.843. The molecule has 0 saturated heterocycles. The van der Waals surface area contributed by atoms with Crippen LogP contribution in [0, 0.1) is 6.92 Å². The molecule has 0 radical (unpaired) electrons. The Labute approximate surface area is 124 Å². The lowest BCUT2D eigenvalue weighted by Crippen LogP contribution is -2.26. The number of nitrogens with two attached hydrogens (primary N) is 1. The first-order valence-electron chi connectivity index (χ1n) is 6.19. The fraction of sp³-hybridized carbons (Fsp3) is 0.286. The molecule has 1 amide bonds. The Morgan fingerprint density at radius 3 is 2.55 bits per heavy atom. The number of amides is 1. The van der Waals surface area contributed by atoms with Gasteiger partial charge >= 0.3 is 0 Å². The van der Waals surface area contributed by atoms with Crippen molar-refractivity contribution < 1.29 is 4.79 Å². The van der Waals surface area contributed by atoms with Gasteiger partial charge in [0.15, 0.2) is 0 Å². The van der Waals surface area contributed by atoms with Gasteiger partial charge in [0.05, 0.1) is 11.8 Å². The van der Waals surface area contributed by atoms with Gasteiger partial charge in [-0.15, -0.1) is 12.4 Å². The van der Waals surface area contributed by atoms with E-state index in [1.165, 1.54) is 0 Å². The summed E-state index contributed by atoms with van der Waals surface area (Å²) in [6, 6.07) is 7.67. The highest BCUT2D eigenvalue weighted by Gasteiger charge is 2.11. The third-order valence-electron chi connectivity index (χ3n) is 3.16. The van der Waals surface area contributed by atoms with Crippen LogP contribution in [0.3, 0.4) is 0 Å². The zero-order valence-electron chi connectivity index (χ0n) is 11.6. The molecule has 20 heavy (non-hydrogen) atoms. The second kappa shape index (κ2) is 6.96. The largest absolute Gasteiger partial charge is 0.399 e. The molecule has 2 aromatic rings. The van der Waals surface area contributed by atoms with Gasteiger partial charge in [-0.25, -0.2) is 0 Å². The van der Waals surface area contributed by atoms with Crippen LogP contribution in [-0.4, -0.2) is 22.2 Å². The lowest BCUT2D eigenvalue weighted by Gasteiger charge is -2.05. The van der Waals surface area contributed by atoms with Gasteiger partial charge in [-0.3, -0.25) is 9.48 Å². The Morgan fingerprint density at radius 2 is 2.00 bits per heavy atom. The van der Waals surface area contributed by atoms with E-state index in [4.69, 9.17) is 5.73 Å². The van der Waals surface area contributed by atoms with Gasteiger partial charge in [-0.1, -0.05) is 12.1 Å². The molecule has 0 atom stereocenters. The molecule has 1 aromatic carbocycles. The predicted octanol–water partition coefficient (Wildman–Crippen LogP) is 1.71. The number of hydrogen-bond donors (Lipinski definition) is 2. The van der Waals surface area contributed by atoms with Crippen molar-refractivity contribution in [2.45, 2.75) is 13.3 Å². The van der Waals surface area contributed by atoms with Crippen molar-refractivity contribution in [1.29, 1.82) is 0 Å². The van der Waals surface area contributed by atoms with E-state index in [1.54, 1.807) is 10.9 Å². The highest BCUT2D eigenvalue weighted by Crippen LogP contribution is 2.07. The molecule has 2 rings (SSSR count). The van der Waals surface area contributed by atoms with Crippen molar-refractivity contribution in [1.82, 2.24) is 15.1 Å². The van der Waals surface area contributed by atoms with Crippen LogP contribution < -0.4 is 11.1 Å². The van der Waals surface area contributed by atoms with Crippen LogP contribution in [0.4, 0.5) is 5.69 Å². The SMILES string of the molecule is Cc1c(C(=O)NCCc2ccc(N)cc2)cnn1C.Cl. The number of nitrogens with one attached hydrogen (secondary N) is 1. The Morgan fingerprint density at radius 1 is 1.35 bits per heavy atom. The molecule has 0 aliphatic rings. The highest BCUT2D eigenvalue weighted by atomic mass is 35.5. The molecule has 0 unspecified atom stereocenters. The topological polar surface area (TPSA) is 72.9 Å². The third-order valence-corrected chi connectivity index (χ3v) is 3.16. The van der Waals surface area contributed by atoms with E-state index < -0.39 is 0 Å².